The Morgan fingerprint density at radius 3 is 2.45 bits per heavy atom. The minimum atomic E-state index is -0.419. The number of aryl methyl sites for hydroxylation is 1. The van der Waals surface area contributed by atoms with Gasteiger partial charge in [0.2, 0.25) is 6.08 Å². The van der Waals surface area contributed by atoms with Crippen molar-refractivity contribution in [3.63, 3.8) is 0 Å². The summed E-state index contributed by atoms with van der Waals surface area (Å²) in [5, 5.41) is 0.397. The number of aliphatic imine (C=N–C) groups is 1. The highest BCUT2D eigenvalue weighted by atomic mass is 35.5. The highest BCUT2D eigenvalue weighted by Gasteiger charge is 2.37. The van der Waals surface area contributed by atoms with E-state index in [4.69, 9.17) is 11.6 Å². The molecule has 2 aromatic carbocycles. The molecule has 1 aliphatic heterocycles. The molecule has 0 atom stereocenters. The molecule has 2 aromatic rings. The largest absolute Gasteiger partial charge is 0.268 e. The standard InChI is InChI=1S/C16H9ClN2O3/c1-9-6-11(18-8-20)3-5-14(9)19-15(21)12-4-2-10(17)7-13(12)16(19)22/h2-7H,1H3. The van der Waals surface area contributed by atoms with Crippen LogP contribution in [-0.4, -0.2) is 17.9 Å². The molecule has 0 aliphatic carbocycles. The van der Waals surface area contributed by atoms with Crippen LogP contribution >= 0.6 is 11.6 Å². The van der Waals surface area contributed by atoms with E-state index < -0.39 is 11.8 Å². The number of carbonyl (C=O) groups excluding carboxylic acids is 3. The fourth-order valence-electron chi connectivity index (χ4n) is 2.44. The maximum atomic E-state index is 12.5. The van der Waals surface area contributed by atoms with E-state index in [-0.39, 0.29) is 5.56 Å². The Kier molecular flexibility index (Phi) is 3.37. The van der Waals surface area contributed by atoms with Crippen LogP contribution in [0.25, 0.3) is 0 Å². The van der Waals surface area contributed by atoms with Gasteiger partial charge in [0, 0.05) is 5.02 Å². The average molecular weight is 313 g/mol. The molecular formula is C16H9ClN2O3. The fourth-order valence-corrected chi connectivity index (χ4v) is 2.62. The van der Waals surface area contributed by atoms with Crippen LogP contribution in [0.5, 0.6) is 0 Å². The van der Waals surface area contributed by atoms with Gasteiger partial charge in [0.25, 0.3) is 11.8 Å². The molecular weight excluding hydrogens is 304 g/mol. The van der Waals surface area contributed by atoms with Crippen molar-refractivity contribution in [1.29, 1.82) is 0 Å². The van der Waals surface area contributed by atoms with Crippen LogP contribution in [0.3, 0.4) is 0 Å². The summed E-state index contributed by atoms with van der Waals surface area (Å²) < 4.78 is 0. The summed E-state index contributed by atoms with van der Waals surface area (Å²) >= 11 is 5.89. The van der Waals surface area contributed by atoms with Gasteiger partial charge in [0.1, 0.15) is 0 Å². The van der Waals surface area contributed by atoms with E-state index >= 15 is 0 Å². The monoisotopic (exact) mass is 312 g/mol. The maximum Gasteiger partial charge on any atom is 0.266 e. The van der Waals surface area contributed by atoms with Gasteiger partial charge in [-0.1, -0.05) is 11.6 Å². The Balaban J connectivity index is 2.09. The fraction of sp³-hybridized carbons (Fsp3) is 0.0625. The lowest BCUT2D eigenvalue weighted by Crippen LogP contribution is -2.29. The van der Waals surface area contributed by atoms with E-state index in [9.17, 15) is 14.4 Å². The van der Waals surface area contributed by atoms with Crippen LogP contribution in [0.15, 0.2) is 41.4 Å². The van der Waals surface area contributed by atoms with Crippen molar-refractivity contribution in [1.82, 2.24) is 0 Å². The first-order valence-corrected chi connectivity index (χ1v) is 6.77. The summed E-state index contributed by atoms with van der Waals surface area (Å²) in [5.41, 5.74) is 2.12. The van der Waals surface area contributed by atoms with Crippen molar-refractivity contribution >= 4 is 40.9 Å². The molecule has 0 saturated carbocycles. The average Bonchev–Trinajstić information content (AvgIpc) is 2.72. The molecule has 0 aromatic heterocycles. The molecule has 2 amide bonds. The topological polar surface area (TPSA) is 66.8 Å². The molecule has 0 N–H and O–H groups in total. The van der Waals surface area contributed by atoms with Crippen LogP contribution in [-0.2, 0) is 4.79 Å². The molecule has 3 rings (SSSR count). The van der Waals surface area contributed by atoms with Gasteiger partial charge in [0.05, 0.1) is 22.5 Å². The van der Waals surface area contributed by atoms with E-state index in [2.05, 4.69) is 4.99 Å². The summed E-state index contributed by atoms with van der Waals surface area (Å²) in [6.07, 6.45) is 1.45. The highest BCUT2D eigenvalue weighted by Crippen LogP contribution is 2.33. The maximum absolute atomic E-state index is 12.5. The molecule has 0 bridgehead atoms. The van der Waals surface area contributed by atoms with Gasteiger partial charge in [-0.05, 0) is 48.9 Å². The normalized spacial score (nSPS) is 13.1. The first-order chi connectivity index (χ1) is 10.5. The molecule has 22 heavy (non-hydrogen) atoms. The van der Waals surface area contributed by atoms with E-state index in [1.54, 1.807) is 31.2 Å². The van der Waals surface area contributed by atoms with Gasteiger partial charge in [-0.15, -0.1) is 0 Å². The zero-order valence-electron chi connectivity index (χ0n) is 11.5. The number of fused-ring (bicyclic) bond motifs is 1. The number of carbonyl (C=O) groups is 2. The Morgan fingerprint density at radius 1 is 1.05 bits per heavy atom. The second-order valence-corrected chi connectivity index (χ2v) is 5.25. The molecule has 0 radical (unpaired) electrons. The Morgan fingerprint density at radius 2 is 1.77 bits per heavy atom. The van der Waals surface area contributed by atoms with E-state index in [1.807, 2.05) is 0 Å². The first kappa shape index (κ1) is 14.2. The van der Waals surface area contributed by atoms with E-state index in [0.29, 0.717) is 27.5 Å². The number of imide groups is 1. The molecule has 108 valence electrons. The lowest BCUT2D eigenvalue weighted by atomic mass is 10.1. The van der Waals surface area contributed by atoms with Crippen molar-refractivity contribution in [3.8, 4) is 0 Å². The number of rotatable bonds is 2. The number of nitrogens with zero attached hydrogens (tertiary/aromatic N) is 2. The predicted octanol–water partition coefficient (Wildman–Crippen LogP) is 3.42. The van der Waals surface area contributed by atoms with Crippen molar-refractivity contribution in [3.05, 3.63) is 58.1 Å². The summed E-state index contributed by atoms with van der Waals surface area (Å²) in [5.74, 6) is -0.816. The van der Waals surface area contributed by atoms with Gasteiger partial charge >= 0.3 is 0 Å². The van der Waals surface area contributed by atoms with Crippen molar-refractivity contribution < 1.29 is 14.4 Å². The summed E-state index contributed by atoms with van der Waals surface area (Å²) in [6, 6.07) is 9.33. The zero-order chi connectivity index (χ0) is 15.9. The number of anilines is 1. The predicted molar refractivity (Wildman–Crippen MR) is 81.6 cm³/mol. The molecule has 6 heteroatoms. The Bertz CT molecular complexity index is 870. The minimum Gasteiger partial charge on any atom is -0.268 e. The van der Waals surface area contributed by atoms with Crippen LogP contribution in [0.4, 0.5) is 11.4 Å². The van der Waals surface area contributed by atoms with Crippen molar-refractivity contribution in [2.45, 2.75) is 6.92 Å². The van der Waals surface area contributed by atoms with Gasteiger partial charge in [-0.25, -0.2) is 9.69 Å². The number of halogens is 1. The van der Waals surface area contributed by atoms with Gasteiger partial charge in [-0.3, -0.25) is 9.59 Å². The second-order valence-electron chi connectivity index (χ2n) is 4.81. The summed E-state index contributed by atoms with van der Waals surface area (Å²) in [7, 11) is 0. The van der Waals surface area contributed by atoms with E-state index in [0.717, 1.165) is 4.90 Å². The number of hydrogen-bond acceptors (Lipinski definition) is 4. The summed E-state index contributed by atoms with van der Waals surface area (Å²) in [6.45, 7) is 1.73. The van der Waals surface area contributed by atoms with E-state index in [1.165, 1.54) is 18.2 Å². The lowest BCUT2D eigenvalue weighted by Gasteiger charge is -2.16. The quantitative estimate of drug-likeness (QED) is 0.485. The van der Waals surface area contributed by atoms with Crippen LogP contribution in [0.1, 0.15) is 26.3 Å². The highest BCUT2D eigenvalue weighted by molar-refractivity contribution is 6.36. The van der Waals surface area contributed by atoms with Gasteiger partial charge in [0.15, 0.2) is 0 Å². The molecule has 0 unspecified atom stereocenters. The summed E-state index contributed by atoms with van der Waals surface area (Å²) in [4.78, 5) is 39.8. The number of amides is 2. The molecule has 1 heterocycles. The molecule has 5 nitrogen and oxygen atoms in total. The zero-order valence-corrected chi connectivity index (χ0v) is 12.2. The first-order valence-electron chi connectivity index (χ1n) is 6.40. The third-order valence-electron chi connectivity index (χ3n) is 3.44. The number of isocyanates is 1. The minimum absolute atomic E-state index is 0.284. The van der Waals surface area contributed by atoms with Crippen LogP contribution in [0.2, 0.25) is 5.02 Å². The van der Waals surface area contributed by atoms with Crippen molar-refractivity contribution in [2.24, 2.45) is 4.99 Å². The SMILES string of the molecule is Cc1cc(N=C=O)ccc1N1C(=O)c2ccc(Cl)cc2C1=O. The van der Waals surface area contributed by atoms with Crippen LogP contribution in [0, 0.1) is 6.92 Å². The molecule has 0 fully saturated rings. The molecule has 1 aliphatic rings. The molecule has 0 saturated heterocycles. The number of benzene rings is 2. The van der Waals surface area contributed by atoms with Crippen molar-refractivity contribution in [2.75, 3.05) is 4.90 Å². The van der Waals surface area contributed by atoms with Gasteiger partial charge < -0.3 is 0 Å². The Hall–Kier alpha value is -2.75. The third kappa shape index (κ3) is 2.13. The lowest BCUT2D eigenvalue weighted by molar-refractivity contribution is 0.0926. The van der Waals surface area contributed by atoms with Gasteiger partial charge in [-0.2, -0.15) is 4.99 Å². The Labute approximate surface area is 130 Å². The second kappa shape index (κ2) is 5.22. The third-order valence-corrected chi connectivity index (χ3v) is 3.68. The number of hydrogen-bond donors (Lipinski definition) is 0. The molecule has 0 spiro atoms. The smallest absolute Gasteiger partial charge is 0.266 e. The van der Waals surface area contributed by atoms with Crippen LogP contribution < -0.4 is 4.90 Å².